The van der Waals surface area contributed by atoms with E-state index in [9.17, 15) is 18.3 Å². The first-order chi connectivity index (χ1) is 10.3. The summed E-state index contributed by atoms with van der Waals surface area (Å²) in [6.07, 6.45) is -4.32. The second kappa shape index (κ2) is 6.30. The van der Waals surface area contributed by atoms with Gasteiger partial charge in [0.1, 0.15) is 12.3 Å². The van der Waals surface area contributed by atoms with Crippen molar-refractivity contribution < 1.29 is 18.3 Å². The number of rotatable bonds is 4. The molecule has 0 fully saturated rings. The molecular formula is C17H18F3NO. The summed E-state index contributed by atoms with van der Waals surface area (Å²) in [7, 11) is 0. The van der Waals surface area contributed by atoms with Crippen LogP contribution in [0.3, 0.4) is 0 Å². The van der Waals surface area contributed by atoms with Gasteiger partial charge in [-0.1, -0.05) is 26.0 Å². The van der Waals surface area contributed by atoms with Crippen LogP contribution in [0.5, 0.6) is 5.75 Å². The van der Waals surface area contributed by atoms with E-state index in [4.69, 9.17) is 0 Å². The minimum absolute atomic E-state index is 0.0193. The lowest BCUT2D eigenvalue weighted by Gasteiger charge is -2.26. The van der Waals surface area contributed by atoms with Crippen LogP contribution in [-0.2, 0) is 0 Å². The van der Waals surface area contributed by atoms with Crippen molar-refractivity contribution in [2.24, 2.45) is 0 Å². The fourth-order valence-corrected chi connectivity index (χ4v) is 2.18. The summed E-state index contributed by atoms with van der Waals surface area (Å²) in [6, 6.07) is 12.7. The quantitative estimate of drug-likeness (QED) is 0.837. The number of phenolic OH excluding ortho intramolecular Hbond substituents is 1. The Bertz CT molecular complexity index is 603. The van der Waals surface area contributed by atoms with Crippen molar-refractivity contribution >= 4 is 11.4 Å². The predicted octanol–water partition coefficient (Wildman–Crippen LogP) is 5.22. The van der Waals surface area contributed by atoms with E-state index in [-0.39, 0.29) is 5.75 Å². The molecule has 118 valence electrons. The number of anilines is 2. The Morgan fingerprint density at radius 3 is 1.77 bits per heavy atom. The zero-order valence-corrected chi connectivity index (χ0v) is 12.4. The smallest absolute Gasteiger partial charge is 0.406 e. The standard InChI is InChI=1S/C17H18F3NO/c1-12(2)13-3-5-14(6-4-13)21(11-17(18,19)20)15-7-9-16(22)10-8-15/h3-10,12,22H,11H2,1-2H3. The summed E-state index contributed by atoms with van der Waals surface area (Å²) in [4.78, 5) is 1.18. The molecule has 2 aromatic rings. The fraction of sp³-hybridized carbons (Fsp3) is 0.294. The van der Waals surface area contributed by atoms with Crippen LogP contribution in [-0.4, -0.2) is 17.8 Å². The molecule has 0 amide bonds. The monoisotopic (exact) mass is 309 g/mol. The van der Waals surface area contributed by atoms with Crippen LogP contribution in [0.25, 0.3) is 0 Å². The molecule has 0 radical (unpaired) electrons. The molecule has 22 heavy (non-hydrogen) atoms. The topological polar surface area (TPSA) is 23.5 Å². The molecule has 0 heterocycles. The molecule has 0 saturated heterocycles. The Labute approximate surface area is 127 Å². The maximum atomic E-state index is 12.9. The minimum Gasteiger partial charge on any atom is -0.508 e. The van der Waals surface area contributed by atoms with Gasteiger partial charge in [-0.25, -0.2) is 0 Å². The van der Waals surface area contributed by atoms with Crippen molar-refractivity contribution in [2.75, 3.05) is 11.4 Å². The normalized spacial score (nSPS) is 11.7. The summed E-state index contributed by atoms with van der Waals surface area (Å²) in [6.45, 7) is 2.98. The summed E-state index contributed by atoms with van der Waals surface area (Å²) < 4.78 is 38.6. The molecule has 2 rings (SSSR count). The Kier molecular flexibility index (Phi) is 4.64. The third-order valence-corrected chi connectivity index (χ3v) is 3.37. The lowest BCUT2D eigenvalue weighted by Crippen LogP contribution is -2.30. The number of halogens is 3. The van der Waals surface area contributed by atoms with Gasteiger partial charge in [0, 0.05) is 11.4 Å². The Morgan fingerprint density at radius 2 is 1.36 bits per heavy atom. The molecule has 0 atom stereocenters. The third-order valence-electron chi connectivity index (χ3n) is 3.37. The molecule has 0 spiro atoms. The molecule has 0 aliphatic rings. The minimum atomic E-state index is -4.32. The van der Waals surface area contributed by atoms with Gasteiger partial charge in [-0.2, -0.15) is 13.2 Å². The van der Waals surface area contributed by atoms with Crippen LogP contribution in [0.1, 0.15) is 25.3 Å². The Hall–Kier alpha value is -2.17. The van der Waals surface area contributed by atoms with E-state index in [1.807, 2.05) is 26.0 Å². The number of aromatic hydroxyl groups is 1. The summed E-state index contributed by atoms with van der Waals surface area (Å²) in [5.74, 6) is 0.338. The summed E-state index contributed by atoms with van der Waals surface area (Å²) >= 11 is 0. The second-order valence-corrected chi connectivity index (χ2v) is 5.46. The van der Waals surface area contributed by atoms with E-state index in [0.29, 0.717) is 17.3 Å². The maximum absolute atomic E-state index is 12.9. The van der Waals surface area contributed by atoms with Crippen LogP contribution >= 0.6 is 0 Å². The molecule has 0 bridgehead atoms. The molecular weight excluding hydrogens is 291 g/mol. The second-order valence-electron chi connectivity index (χ2n) is 5.46. The van der Waals surface area contributed by atoms with E-state index in [2.05, 4.69) is 0 Å². The SMILES string of the molecule is CC(C)c1ccc(N(CC(F)(F)F)c2ccc(O)cc2)cc1. The molecule has 5 heteroatoms. The van der Waals surface area contributed by atoms with Crippen molar-refractivity contribution in [1.82, 2.24) is 0 Å². The number of phenols is 1. The molecule has 2 aromatic carbocycles. The lowest BCUT2D eigenvalue weighted by atomic mass is 10.0. The molecule has 0 aromatic heterocycles. The van der Waals surface area contributed by atoms with Gasteiger partial charge < -0.3 is 10.0 Å². The van der Waals surface area contributed by atoms with Crippen molar-refractivity contribution in [1.29, 1.82) is 0 Å². The van der Waals surface area contributed by atoms with E-state index in [1.54, 1.807) is 12.1 Å². The van der Waals surface area contributed by atoms with Gasteiger partial charge in [-0.05, 0) is 47.9 Å². The highest BCUT2D eigenvalue weighted by Crippen LogP contribution is 2.31. The average Bonchev–Trinajstić information content (AvgIpc) is 2.45. The van der Waals surface area contributed by atoms with Crippen LogP contribution in [0.2, 0.25) is 0 Å². The molecule has 0 unspecified atom stereocenters. The highest BCUT2D eigenvalue weighted by atomic mass is 19.4. The van der Waals surface area contributed by atoms with Crippen molar-refractivity contribution in [2.45, 2.75) is 25.9 Å². The number of hydrogen-bond donors (Lipinski definition) is 1. The number of nitrogens with zero attached hydrogens (tertiary/aromatic N) is 1. The Balaban J connectivity index is 2.37. The van der Waals surface area contributed by atoms with Gasteiger partial charge in [0.15, 0.2) is 0 Å². The zero-order valence-electron chi connectivity index (χ0n) is 12.4. The molecule has 2 nitrogen and oxygen atoms in total. The number of benzene rings is 2. The maximum Gasteiger partial charge on any atom is 0.406 e. The van der Waals surface area contributed by atoms with Crippen molar-refractivity contribution in [3.05, 3.63) is 54.1 Å². The highest BCUT2D eigenvalue weighted by molar-refractivity contribution is 5.64. The zero-order chi connectivity index (χ0) is 16.3. The molecule has 0 aliphatic heterocycles. The third kappa shape index (κ3) is 4.16. The van der Waals surface area contributed by atoms with Gasteiger partial charge in [0.2, 0.25) is 0 Å². The predicted molar refractivity (Wildman–Crippen MR) is 81.7 cm³/mol. The first-order valence-electron chi connectivity index (χ1n) is 6.99. The summed E-state index contributed by atoms with van der Waals surface area (Å²) in [5.41, 5.74) is 1.92. The lowest BCUT2D eigenvalue weighted by molar-refractivity contribution is -0.118. The number of alkyl halides is 3. The Morgan fingerprint density at radius 1 is 0.909 bits per heavy atom. The van der Waals surface area contributed by atoms with Crippen LogP contribution in [0, 0.1) is 0 Å². The van der Waals surface area contributed by atoms with E-state index < -0.39 is 12.7 Å². The molecule has 0 saturated carbocycles. The van der Waals surface area contributed by atoms with Gasteiger partial charge in [0.05, 0.1) is 0 Å². The number of hydrogen-bond acceptors (Lipinski definition) is 2. The summed E-state index contributed by atoms with van der Waals surface area (Å²) in [5, 5.41) is 9.30. The largest absolute Gasteiger partial charge is 0.508 e. The first kappa shape index (κ1) is 16.2. The fourth-order valence-electron chi connectivity index (χ4n) is 2.18. The van der Waals surface area contributed by atoms with E-state index in [1.165, 1.54) is 29.2 Å². The van der Waals surface area contributed by atoms with Gasteiger partial charge in [0.25, 0.3) is 0 Å². The van der Waals surface area contributed by atoms with Crippen LogP contribution in [0.4, 0.5) is 24.5 Å². The van der Waals surface area contributed by atoms with Crippen LogP contribution in [0.15, 0.2) is 48.5 Å². The first-order valence-corrected chi connectivity index (χ1v) is 6.99. The highest BCUT2D eigenvalue weighted by Gasteiger charge is 2.31. The van der Waals surface area contributed by atoms with Crippen molar-refractivity contribution in [3.8, 4) is 5.75 Å². The van der Waals surface area contributed by atoms with Gasteiger partial charge in [-0.15, -0.1) is 0 Å². The van der Waals surface area contributed by atoms with Gasteiger partial charge in [-0.3, -0.25) is 0 Å². The van der Waals surface area contributed by atoms with Crippen molar-refractivity contribution in [3.63, 3.8) is 0 Å². The van der Waals surface area contributed by atoms with Gasteiger partial charge >= 0.3 is 6.18 Å². The van der Waals surface area contributed by atoms with E-state index >= 15 is 0 Å². The average molecular weight is 309 g/mol. The molecule has 0 aliphatic carbocycles. The molecule has 1 N–H and O–H groups in total. The van der Waals surface area contributed by atoms with Crippen LogP contribution < -0.4 is 4.90 Å². The van der Waals surface area contributed by atoms with E-state index in [0.717, 1.165) is 5.56 Å².